The standard InChI is InChI=1S/C24H29N3O2/c1-4-18-9-8-10-19(5-2)24(18)26-23(29)16-27(17(3)28)14-13-20-15-25-22-12-7-6-11-21(20)22/h6-12,15,25H,4-5,13-14,16H2,1-3H3,(H,26,29). The number of aromatic nitrogens is 1. The summed E-state index contributed by atoms with van der Waals surface area (Å²) in [4.78, 5) is 29.7. The monoisotopic (exact) mass is 391 g/mol. The van der Waals surface area contributed by atoms with Gasteiger partial charge in [0.2, 0.25) is 11.8 Å². The number of amides is 2. The summed E-state index contributed by atoms with van der Waals surface area (Å²) >= 11 is 0. The summed E-state index contributed by atoms with van der Waals surface area (Å²) in [5.41, 5.74) is 5.36. The third kappa shape index (κ3) is 4.86. The number of hydrogen-bond donors (Lipinski definition) is 2. The van der Waals surface area contributed by atoms with Crippen LogP contribution in [0.3, 0.4) is 0 Å². The van der Waals surface area contributed by atoms with Gasteiger partial charge < -0.3 is 15.2 Å². The van der Waals surface area contributed by atoms with E-state index in [9.17, 15) is 9.59 Å². The first kappa shape index (κ1) is 20.6. The van der Waals surface area contributed by atoms with E-state index in [1.54, 1.807) is 4.90 Å². The van der Waals surface area contributed by atoms with Gasteiger partial charge in [-0.3, -0.25) is 9.59 Å². The van der Waals surface area contributed by atoms with Crippen LogP contribution in [0.4, 0.5) is 5.69 Å². The molecule has 5 heteroatoms. The van der Waals surface area contributed by atoms with E-state index in [1.807, 2.05) is 42.6 Å². The summed E-state index contributed by atoms with van der Waals surface area (Å²) in [6.07, 6.45) is 4.37. The molecule has 1 aromatic heterocycles. The molecule has 2 aromatic carbocycles. The fraction of sp³-hybridized carbons (Fsp3) is 0.333. The molecule has 0 aliphatic heterocycles. The van der Waals surface area contributed by atoms with E-state index in [2.05, 4.69) is 30.2 Å². The lowest BCUT2D eigenvalue weighted by molar-refractivity contribution is -0.132. The van der Waals surface area contributed by atoms with Crippen LogP contribution in [0.1, 0.15) is 37.5 Å². The minimum absolute atomic E-state index is 0.0545. The number of aromatic amines is 1. The summed E-state index contributed by atoms with van der Waals surface area (Å²) in [5.74, 6) is -0.255. The lowest BCUT2D eigenvalue weighted by atomic mass is 10.0. The summed E-state index contributed by atoms with van der Waals surface area (Å²) < 4.78 is 0. The predicted molar refractivity (Wildman–Crippen MR) is 118 cm³/mol. The van der Waals surface area contributed by atoms with Gasteiger partial charge in [-0.15, -0.1) is 0 Å². The van der Waals surface area contributed by atoms with Crippen LogP contribution >= 0.6 is 0 Å². The fourth-order valence-electron chi connectivity index (χ4n) is 3.70. The van der Waals surface area contributed by atoms with Crippen molar-refractivity contribution in [2.75, 3.05) is 18.4 Å². The Morgan fingerprint density at radius 3 is 2.31 bits per heavy atom. The fourth-order valence-corrected chi connectivity index (χ4v) is 3.70. The van der Waals surface area contributed by atoms with Crippen molar-refractivity contribution >= 4 is 28.4 Å². The number of para-hydroxylation sites is 2. The topological polar surface area (TPSA) is 65.2 Å². The van der Waals surface area contributed by atoms with Crippen molar-refractivity contribution in [2.45, 2.75) is 40.0 Å². The van der Waals surface area contributed by atoms with Crippen LogP contribution < -0.4 is 5.32 Å². The number of aryl methyl sites for hydroxylation is 2. The molecule has 0 saturated heterocycles. The number of anilines is 1. The van der Waals surface area contributed by atoms with E-state index in [-0.39, 0.29) is 18.4 Å². The summed E-state index contributed by atoms with van der Waals surface area (Å²) in [7, 11) is 0. The highest BCUT2D eigenvalue weighted by Crippen LogP contribution is 2.23. The van der Waals surface area contributed by atoms with Crippen molar-refractivity contribution in [2.24, 2.45) is 0 Å². The van der Waals surface area contributed by atoms with Gasteiger partial charge in [-0.05, 0) is 42.0 Å². The second-order valence-corrected chi connectivity index (χ2v) is 7.26. The smallest absolute Gasteiger partial charge is 0.244 e. The molecule has 0 saturated carbocycles. The Morgan fingerprint density at radius 1 is 0.966 bits per heavy atom. The molecule has 3 rings (SSSR count). The van der Waals surface area contributed by atoms with Gasteiger partial charge in [-0.25, -0.2) is 0 Å². The van der Waals surface area contributed by atoms with Gasteiger partial charge in [-0.1, -0.05) is 50.2 Å². The zero-order valence-corrected chi connectivity index (χ0v) is 17.4. The summed E-state index contributed by atoms with van der Waals surface area (Å²) in [5, 5.41) is 4.21. The summed E-state index contributed by atoms with van der Waals surface area (Å²) in [6.45, 7) is 6.22. The normalized spacial score (nSPS) is 10.9. The largest absolute Gasteiger partial charge is 0.361 e. The van der Waals surface area contributed by atoms with Crippen LogP contribution in [0, 0.1) is 0 Å². The van der Waals surface area contributed by atoms with E-state index >= 15 is 0 Å². The molecule has 0 bridgehead atoms. The van der Waals surface area contributed by atoms with E-state index in [0.717, 1.165) is 46.1 Å². The Hall–Kier alpha value is -3.08. The van der Waals surface area contributed by atoms with E-state index in [1.165, 1.54) is 6.92 Å². The Bertz CT molecular complexity index is 984. The van der Waals surface area contributed by atoms with Crippen molar-refractivity contribution in [3.05, 3.63) is 65.4 Å². The second-order valence-electron chi connectivity index (χ2n) is 7.26. The Balaban J connectivity index is 1.68. The molecule has 2 amide bonds. The van der Waals surface area contributed by atoms with Crippen molar-refractivity contribution in [3.63, 3.8) is 0 Å². The number of hydrogen-bond acceptors (Lipinski definition) is 2. The maximum absolute atomic E-state index is 12.7. The predicted octanol–water partition coefficient (Wildman–Crippen LogP) is 4.32. The number of nitrogens with zero attached hydrogens (tertiary/aromatic N) is 1. The van der Waals surface area contributed by atoms with Crippen LogP contribution in [0.15, 0.2) is 48.7 Å². The molecule has 3 aromatic rings. The lowest BCUT2D eigenvalue weighted by Crippen LogP contribution is -2.38. The molecule has 0 unspecified atom stereocenters. The zero-order chi connectivity index (χ0) is 20.8. The molecule has 152 valence electrons. The van der Waals surface area contributed by atoms with Gasteiger partial charge in [0.1, 0.15) is 0 Å². The Kier molecular flexibility index (Phi) is 6.70. The number of carbonyl (C=O) groups is 2. The van der Waals surface area contributed by atoms with E-state index in [0.29, 0.717) is 13.0 Å². The van der Waals surface area contributed by atoms with E-state index < -0.39 is 0 Å². The Morgan fingerprint density at radius 2 is 1.66 bits per heavy atom. The number of rotatable bonds is 8. The number of nitrogens with one attached hydrogen (secondary N) is 2. The first-order chi connectivity index (χ1) is 14.0. The molecule has 0 radical (unpaired) electrons. The van der Waals surface area contributed by atoms with Crippen LogP contribution in [-0.4, -0.2) is 34.8 Å². The van der Waals surface area contributed by atoms with Crippen LogP contribution in [-0.2, 0) is 28.9 Å². The Labute approximate surface area is 172 Å². The second kappa shape index (κ2) is 9.41. The third-order valence-corrected chi connectivity index (χ3v) is 5.37. The molecular weight excluding hydrogens is 362 g/mol. The molecule has 0 aliphatic rings. The molecule has 0 atom stereocenters. The molecule has 2 N–H and O–H groups in total. The molecule has 0 aliphatic carbocycles. The number of H-pyrrole nitrogens is 1. The molecule has 1 heterocycles. The molecule has 5 nitrogen and oxygen atoms in total. The van der Waals surface area contributed by atoms with Gasteiger partial charge in [0.15, 0.2) is 0 Å². The van der Waals surface area contributed by atoms with Crippen LogP contribution in [0.5, 0.6) is 0 Å². The van der Waals surface area contributed by atoms with Gasteiger partial charge in [0.25, 0.3) is 0 Å². The van der Waals surface area contributed by atoms with Gasteiger partial charge >= 0.3 is 0 Å². The molecule has 29 heavy (non-hydrogen) atoms. The van der Waals surface area contributed by atoms with E-state index in [4.69, 9.17) is 0 Å². The number of benzene rings is 2. The highest BCUT2D eigenvalue weighted by Gasteiger charge is 2.16. The average Bonchev–Trinajstić information content (AvgIpc) is 3.14. The lowest BCUT2D eigenvalue weighted by Gasteiger charge is -2.21. The van der Waals surface area contributed by atoms with Crippen LogP contribution in [0.25, 0.3) is 10.9 Å². The molecular formula is C24H29N3O2. The average molecular weight is 392 g/mol. The maximum Gasteiger partial charge on any atom is 0.244 e. The van der Waals surface area contributed by atoms with Gasteiger partial charge in [-0.2, -0.15) is 0 Å². The SMILES string of the molecule is CCc1cccc(CC)c1NC(=O)CN(CCc1c[nH]c2ccccc12)C(C)=O. The van der Waals surface area contributed by atoms with Crippen molar-refractivity contribution < 1.29 is 9.59 Å². The minimum Gasteiger partial charge on any atom is -0.361 e. The van der Waals surface area contributed by atoms with Crippen LogP contribution in [0.2, 0.25) is 0 Å². The zero-order valence-electron chi connectivity index (χ0n) is 17.4. The highest BCUT2D eigenvalue weighted by molar-refractivity contribution is 5.95. The highest BCUT2D eigenvalue weighted by atomic mass is 16.2. The maximum atomic E-state index is 12.7. The first-order valence-electron chi connectivity index (χ1n) is 10.2. The van der Waals surface area contributed by atoms with Crippen molar-refractivity contribution in [3.8, 4) is 0 Å². The number of fused-ring (bicyclic) bond motifs is 1. The molecule has 0 spiro atoms. The third-order valence-electron chi connectivity index (χ3n) is 5.37. The quantitative estimate of drug-likeness (QED) is 0.600. The van der Waals surface area contributed by atoms with Gasteiger partial charge in [0, 0.05) is 36.3 Å². The van der Waals surface area contributed by atoms with Crippen molar-refractivity contribution in [1.29, 1.82) is 0 Å². The first-order valence-corrected chi connectivity index (χ1v) is 10.2. The minimum atomic E-state index is -0.158. The van der Waals surface area contributed by atoms with Crippen molar-refractivity contribution in [1.82, 2.24) is 9.88 Å². The number of carbonyl (C=O) groups excluding carboxylic acids is 2. The molecule has 0 fully saturated rings. The van der Waals surface area contributed by atoms with Gasteiger partial charge in [0.05, 0.1) is 6.54 Å². The summed E-state index contributed by atoms with van der Waals surface area (Å²) in [6, 6.07) is 14.2.